The standard InChI is InChI=1S/C34H43N5O4/c1-22(2)39(32(41)43-4)27-16-10-23(11-17-27)18-30(40)36-29-19-28(24-8-6-5-7-9-24)31(38-37-29)25-12-14-26(15-13-25)34(35)20-33(3,42)21-34/h5-9,12-15,19,22-23,27,42H,10-11,16-18,20-21,35H2,1-4H3,(H,36,37,40)/t23?,27?,33-,34-. The molecule has 0 saturated heterocycles. The van der Waals surface area contributed by atoms with E-state index in [1.54, 1.807) is 0 Å². The second kappa shape index (κ2) is 12.4. The number of aliphatic hydroxyl groups is 1. The van der Waals surface area contributed by atoms with Crippen LogP contribution in [-0.2, 0) is 15.1 Å². The van der Waals surface area contributed by atoms with Crippen LogP contribution < -0.4 is 11.1 Å². The van der Waals surface area contributed by atoms with Crippen molar-refractivity contribution in [3.8, 4) is 22.4 Å². The fraction of sp³-hybridized carbons (Fsp3) is 0.471. The zero-order valence-electron chi connectivity index (χ0n) is 25.5. The van der Waals surface area contributed by atoms with Crippen molar-refractivity contribution in [3.63, 3.8) is 0 Å². The highest BCUT2D eigenvalue weighted by molar-refractivity contribution is 5.91. The molecule has 0 atom stereocenters. The van der Waals surface area contributed by atoms with Gasteiger partial charge in [-0.1, -0.05) is 54.6 Å². The van der Waals surface area contributed by atoms with E-state index in [-0.39, 0.29) is 30.0 Å². The molecule has 2 amide bonds. The minimum Gasteiger partial charge on any atom is -0.453 e. The minimum atomic E-state index is -0.724. The molecule has 4 N–H and O–H groups in total. The van der Waals surface area contributed by atoms with Gasteiger partial charge in [-0.2, -0.15) is 0 Å². The molecule has 1 heterocycles. The third-order valence-corrected chi connectivity index (χ3v) is 8.90. The van der Waals surface area contributed by atoms with Crippen molar-refractivity contribution in [1.29, 1.82) is 0 Å². The number of nitrogens with two attached hydrogens (primary N) is 1. The van der Waals surface area contributed by atoms with Crippen molar-refractivity contribution in [2.24, 2.45) is 11.7 Å². The van der Waals surface area contributed by atoms with Crippen LogP contribution in [0.2, 0.25) is 0 Å². The van der Waals surface area contributed by atoms with Crippen LogP contribution >= 0.6 is 0 Å². The monoisotopic (exact) mass is 585 g/mol. The van der Waals surface area contributed by atoms with Gasteiger partial charge in [0.25, 0.3) is 0 Å². The van der Waals surface area contributed by atoms with Crippen LogP contribution in [0.3, 0.4) is 0 Å². The summed E-state index contributed by atoms with van der Waals surface area (Å²) in [5.41, 5.74) is 9.71. The molecule has 2 aliphatic rings. The lowest BCUT2D eigenvalue weighted by Crippen LogP contribution is -2.58. The Labute approximate surface area is 253 Å². The fourth-order valence-electron chi connectivity index (χ4n) is 6.95. The minimum absolute atomic E-state index is 0.0632. The van der Waals surface area contributed by atoms with E-state index in [1.807, 2.05) is 86.3 Å². The third-order valence-electron chi connectivity index (χ3n) is 8.90. The van der Waals surface area contributed by atoms with E-state index in [9.17, 15) is 14.7 Å². The van der Waals surface area contributed by atoms with Crippen LogP contribution in [0, 0.1) is 5.92 Å². The molecule has 43 heavy (non-hydrogen) atoms. The van der Waals surface area contributed by atoms with Crippen molar-refractivity contribution in [3.05, 3.63) is 66.2 Å². The molecule has 9 heteroatoms. The Balaban J connectivity index is 1.27. The maximum atomic E-state index is 13.1. The summed E-state index contributed by atoms with van der Waals surface area (Å²) in [7, 11) is 1.42. The van der Waals surface area contributed by atoms with Crippen LogP contribution in [0.15, 0.2) is 60.7 Å². The molecule has 228 valence electrons. The summed E-state index contributed by atoms with van der Waals surface area (Å²) in [6.07, 6.45) is 4.58. The number of nitrogens with one attached hydrogen (secondary N) is 1. The number of methoxy groups -OCH3 is 1. The van der Waals surface area contributed by atoms with Crippen molar-refractivity contribution in [1.82, 2.24) is 15.1 Å². The zero-order valence-corrected chi connectivity index (χ0v) is 25.5. The second-order valence-corrected chi connectivity index (χ2v) is 12.8. The normalized spacial score (nSPS) is 25.1. The topological polar surface area (TPSA) is 131 Å². The van der Waals surface area contributed by atoms with Gasteiger partial charge in [0.05, 0.1) is 12.7 Å². The van der Waals surface area contributed by atoms with Crippen molar-refractivity contribution >= 4 is 17.8 Å². The lowest BCUT2D eigenvalue weighted by Gasteiger charge is -2.49. The Morgan fingerprint density at radius 3 is 2.26 bits per heavy atom. The van der Waals surface area contributed by atoms with E-state index in [2.05, 4.69) is 15.5 Å². The number of anilines is 1. The number of carbonyl (C=O) groups excluding carboxylic acids is 2. The third kappa shape index (κ3) is 6.89. The maximum Gasteiger partial charge on any atom is 0.409 e. The summed E-state index contributed by atoms with van der Waals surface area (Å²) in [5.74, 6) is 0.562. The molecule has 0 unspecified atom stereocenters. The molecule has 0 bridgehead atoms. The average Bonchev–Trinajstić information content (AvgIpc) is 2.97. The van der Waals surface area contributed by atoms with Gasteiger partial charge in [-0.25, -0.2) is 4.79 Å². The fourth-order valence-corrected chi connectivity index (χ4v) is 6.95. The maximum absolute atomic E-state index is 13.1. The van der Waals surface area contributed by atoms with E-state index < -0.39 is 11.1 Å². The number of ether oxygens (including phenoxy) is 1. The number of hydrogen-bond acceptors (Lipinski definition) is 7. The molecule has 0 aliphatic heterocycles. The van der Waals surface area contributed by atoms with Gasteiger partial charge in [0.15, 0.2) is 5.82 Å². The summed E-state index contributed by atoms with van der Waals surface area (Å²) < 4.78 is 4.99. The summed E-state index contributed by atoms with van der Waals surface area (Å²) in [5, 5.41) is 22.1. The number of nitrogens with zero attached hydrogens (tertiary/aromatic N) is 3. The first-order valence-corrected chi connectivity index (χ1v) is 15.2. The van der Waals surface area contributed by atoms with Crippen molar-refractivity contribution in [2.45, 2.75) is 88.9 Å². The lowest BCUT2D eigenvalue weighted by atomic mass is 9.63. The molecule has 2 saturated carbocycles. The molecule has 1 aromatic heterocycles. The highest BCUT2D eigenvalue weighted by atomic mass is 16.5. The van der Waals surface area contributed by atoms with Gasteiger partial charge in [0, 0.05) is 35.2 Å². The molecule has 2 aliphatic carbocycles. The molecule has 0 radical (unpaired) electrons. The zero-order chi connectivity index (χ0) is 30.8. The second-order valence-electron chi connectivity index (χ2n) is 12.8. The summed E-state index contributed by atoms with van der Waals surface area (Å²) in [6.45, 7) is 5.81. The highest BCUT2D eigenvalue weighted by Crippen LogP contribution is 2.46. The molecule has 5 rings (SSSR count). The van der Waals surface area contributed by atoms with Crippen LogP contribution in [0.25, 0.3) is 22.4 Å². The van der Waals surface area contributed by atoms with E-state index in [1.165, 1.54) is 7.11 Å². The molecular formula is C34H43N5O4. The Morgan fingerprint density at radius 2 is 1.67 bits per heavy atom. The van der Waals surface area contributed by atoms with Crippen LogP contribution in [0.1, 0.15) is 71.3 Å². The smallest absolute Gasteiger partial charge is 0.409 e. The molecule has 0 spiro atoms. The predicted octanol–water partition coefficient (Wildman–Crippen LogP) is 5.87. The van der Waals surface area contributed by atoms with Gasteiger partial charge in [-0.05, 0) is 82.4 Å². The predicted molar refractivity (Wildman–Crippen MR) is 167 cm³/mol. The number of rotatable bonds is 8. The van der Waals surface area contributed by atoms with E-state index in [0.717, 1.165) is 47.9 Å². The molecule has 2 fully saturated rings. The van der Waals surface area contributed by atoms with Crippen LogP contribution in [0.5, 0.6) is 0 Å². The van der Waals surface area contributed by atoms with Gasteiger partial charge in [0.1, 0.15) is 5.69 Å². The Morgan fingerprint density at radius 1 is 1.02 bits per heavy atom. The molecule has 9 nitrogen and oxygen atoms in total. The first-order valence-electron chi connectivity index (χ1n) is 15.2. The summed E-state index contributed by atoms with van der Waals surface area (Å²) >= 11 is 0. The first kappa shape index (κ1) is 30.6. The Bertz CT molecular complexity index is 1420. The van der Waals surface area contributed by atoms with Crippen LogP contribution in [0.4, 0.5) is 10.6 Å². The first-order chi connectivity index (χ1) is 20.5. The van der Waals surface area contributed by atoms with Gasteiger partial charge >= 0.3 is 6.09 Å². The highest BCUT2D eigenvalue weighted by Gasteiger charge is 2.49. The van der Waals surface area contributed by atoms with Crippen molar-refractivity contribution in [2.75, 3.05) is 12.4 Å². The van der Waals surface area contributed by atoms with Crippen molar-refractivity contribution < 1.29 is 19.4 Å². The van der Waals surface area contributed by atoms with Crippen LogP contribution in [-0.4, -0.2) is 57.0 Å². The molecule has 2 aromatic carbocycles. The van der Waals surface area contributed by atoms with Gasteiger partial charge < -0.3 is 25.8 Å². The molecule has 3 aromatic rings. The number of amides is 2. The van der Waals surface area contributed by atoms with E-state index in [4.69, 9.17) is 10.5 Å². The van der Waals surface area contributed by atoms with Gasteiger partial charge in [0.2, 0.25) is 5.91 Å². The SMILES string of the molecule is COC(=O)N(C(C)C)C1CCC(CC(=O)Nc2cc(-c3ccccc3)c(-c3ccc([C@]4(N)C[C@](C)(O)C4)cc3)nn2)CC1. The average molecular weight is 586 g/mol. The van der Waals surface area contributed by atoms with E-state index in [0.29, 0.717) is 30.8 Å². The molecular weight excluding hydrogens is 542 g/mol. The number of carbonyl (C=O) groups is 2. The summed E-state index contributed by atoms with van der Waals surface area (Å²) in [4.78, 5) is 27.2. The Kier molecular flexibility index (Phi) is 8.85. The Hall–Kier alpha value is -3.82. The number of hydrogen-bond donors (Lipinski definition) is 3. The quantitative estimate of drug-likeness (QED) is 0.301. The van der Waals surface area contributed by atoms with E-state index >= 15 is 0 Å². The largest absolute Gasteiger partial charge is 0.453 e. The lowest BCUT2D eigenvalue weighted by molar-refractivity contribution is -0.117. The summed E-state index contributed by atoms with van der Waals surface area (Å²) in [6, 6.07) is 20.0. The van der Waals surface area contributed by atoms with Gasteiger partial charge in [-0.15, -0.1) is 10.2 Å². The van der Waals surface area contributed by atoms with Gasteiger partial charge in [-0.3, -0.25) is 4.79 Å². The number of aromatic nitrogens is 2. The number of benzene rings is 2.